The zero-order valence-corrected chi connectivity index (χ0v) is 14.7. The van der Waals surface area contributed by atoms with Gasteiger partial charge in [-0.2, -0.15) is 0 Å². The molecule has 0 radical (unpaired) electrons. The van der Waals surface area contributed by atoms with Gasteiger partial charge in [-0.3, -0.25) is 4.79 Å². The van der Waals surface area contributed by atoms with Gasteiger partial charge in [-0.25, -0.2) is 0 Å². The van der Waals surface area contributed by atoms with Crippen LogP contribution in [-0.4, -0.2) is 36.2 Å². The average Bonchev–Trinajstić information content (AvgIpc) is 3.07. The predicted molar refractivity (Wildman–Crippen MR) is 99.2 cm³/mol. The Morgan fingerprint density at radius 2 is 1.96 bits per heavy atom. The molecule has 0 aromatic heterocycles. The quantitative estimate of drug-likeness (QED) is 0.746. The van der Waals surface area contributed by atoms with Crippen LogP contribution in [0.1, 0.15) is 55.6 Å². The molecule has 3 atom stereocenters. The van der Waals surface area contributed by atoms with Crippen LogP contribution in [-0.2, 0) is 4.79 Å². The molecular weight excluding hydrogens is 312 g/mol. The number of carbonyl (C=O) groups is 1. The summed E-state index contributed by atoms with van der Waals surface area (Å²) in [5.41, 5.74) is 4.04. The van der Waals surface area contributed by atoms with Crippen molar-refractivity contribution in [1.82, 2.24) is 10.6 Å². The highest BCUT2D eigenvalue weighted by Crippen LogP contribution is 2.34. The van der Waals surface area contributed by atoms with Crippen molar-refractivity contribution in [2.24, 2.45) is 5.92 Å². The monoisotopic (exact) mass is 340 g/mol. The minimum Gasteiger partial charge on any atom is -0.395 e. The summed E-state index contributed by atoms with van der Waals surface area (Å²) in [6.07, 6.45) is 9.22. The number of hydrogen-bond donors (Lipinski definition) is 3. The summed E-state index contributed by atoms with van der Waals surface area (Å²) in [6, 6.07) is 9.11. The van der Waals surface area contributed by atoms with E-state index in [1.807, 2.05) is 0 Å². The van der Waals surface area contributed by atoms with E-state index in [0.29, 0.717) is 6.54 Å². The smallest absolute Gasteiger partial charge is 0.223 e. The molecule has 3 aliphatic rings. The molecule has 4 rings (SSSR count). The first-order chi connectivity index (χ1) is 12.3. The zero-order valence-electron chi connectivity index (χ0n) is 14.7. The fraction of sp³-hybridized carbons (Fsp3) is 0.571. The Bertz CT molecular complexity index is 648. The first kappa shape index (κ1) is 16.8. The molecule has 1 aromatic carbocycles. The normalized spacial score (nSPS) is 28.8. The summed E-state index contributed by atoms with van der Waals surface area (Å²) in [5, 5.41) is 16.1. The van der Waals surface area contributed by atoms with E-state index < -0.39 is 0 Å². The molecule has 1 saturated carbocycles. The maximum Gasteiger partial charge on any atom is 0.223 e. The van der Waals surface area contributed by atoms with Crippen molar-refractivity contribution >= 4 is 11.5 Å². The van der Waals surface area contributed by atoms with E-state index in [9.17, 15) is 9.90 Å². The third-order valence-electron chi connectivity index (χ3n) is 6.17. The lowest BCUT2D eigenvalue weighted by Gasteiger charge is -2.46. The molecule has 1 amide bonds. The Balaban J connectivity index is 1.39. The van der Waals surface area contributed by atoms with Crippen molar-refractivity contribution in [3.63, 3.8) is 0 Å². The Kier molecular flexibility index (Phi) is 4.91. The van der Waals surface area contributed by atoms with Crippen molar-refractivity contribution in [1.29, 1.82) is 0 Å². The molecule has 2 fully saturated rings. The third-order valence-corrected chi connectivity index (χ3v) is 6.17. The fourth-order valence-electron chi connectivity index (χ4n) is 4.34. The van der Waals surface area contributed by atoms with Crippen LogP contribution in [0.3, 0.4) is 0 Å². The van der Waals surface area contributed by atoms with Crippen molar-refractivity contribution in [2.75, 3.05) is 13.2 Å². The molecule has 4 heteroatoms. The number of nitrogens with one attached hydrogen (secondary N) is 2. The number of carbonyl (C=O) groups excluding carboxylic acids is 1. The van der Waals surface area contributed by atoms with E-state index in [0.717, 1.165) is 12.8 Å². The summed E-state index contributed by atoms with van der Waals surface area (Å²) in [4.78, 5) is 12.1. The summed E-state index contributed by atoms with van der Waals surface area (Å²) in [5.74, 6) is 0.687. The molecule has 4 nitrogen and oxygen atoms in total. The van der Waals surface area contributed by atoms with Gasteiger partial charge in [0.05, 0.1) is 6.61 Å². The van der Waals surface area contributed by atoms with Gasteiger partial charge in [-0.1, -0.05) is 36.8 Å². The van der Waals surface area contributed by atoms with Crippen LogP contribution in [0.25, 0.3) is 5.57 Å². The second-order valence-corrected chi connectivity index (χ2v) is 7.70. The molecule has 1 aliphatic heterocycles. The molecular formula is C21H28N2O2. The zero-order chi connectivity index (χ0) is 17.2. The lowest BCUT2D eigenvalue weighted by atomic mass is 9.77. The molecule has 0 unspecified atom stereocenters. The molecule has 2 aliphatic carbocycles. The lowest BCUT2D eigenvalue weighted by Crippen LogP contribution is -2.65. The van der Waals surface area contributed by atoms with Crippen LogP contribution in [0.15, 0.2) is 30.3 Å². The number of amides is 1. The minimum atomic E-state index is 0.0853. The number of hydrogen-bond acceptors (Lipinski definition) is 3. The maximum atomic E-state index is 12.1. The van der Waals surface area contributed by atoms with Gasteiger partial charge in [-0.15, -0.1) is 0 Å². The van der Waals surface area contributed by atoms with Crippen LogP contribution in [0.4, 0.5) is 0 Å². The standard InChI is InChI=1S/C21H28N2O2/c24-13-19-20(18(23-19)12-22-21(25)17-6-3-7-17)16-10-8-15(9-11-16)14-4-1-2-5-14/h4,8-11,17-20,23-24H,1-3,5-7,12-13H2,(H,22,25)/t18-,19+,20+/m0/s1. The van der Waals surface area contributed by atoms with Crippen molar-refractivity contribution in [3.8, 4) is 0 Å². The minimum absolute atomic E-state index is 0.0853. The number of aliphatic hydroxyl groups excluding tert-OH is 1. The van der Waals surface area contributed by atoms with E-state index in [1.165, 1.54) is 42.4 Å². The van der Waals surface area contributed by atoms with Gasteiger partial charge >= 0.3 is 0 Å². The highest BCUT2D eigenvalue weighted by molar-refractivity contribution is 5.79. The highest BCUT2D eigenvalue weighted by atomic mass is 16.3. The Labute approximate surface area is 149 Å². The first-order valence-electron chi connectivity index (χ1n) is 9.70. The van der Waals surface area contributed by atoms with Gasteiger partial charge in [0.1, 0.15) is 0 Å². The van der Waals surface area contributed by atoms with Gasteiger partial charge in [0.15, 0.2) is 0 Å². The topological polar surface area (TPSA) is 61.4 Å². The Hall–Kier alpha value is -1.65. The fourth-order valence-corrected chi connectivity index (χ4v) is 4.34. The number of allylic oxidation sites excluding steroid dienone is 2. The molecule has 3 N–H and O–H groups in total. The summed E-state index contributed by atoms with van der Waals surface area (Å²) in [6.45, 7) is 0.772. The number of rotatable bonds is 6. The molecule has 0 bridgehead atoms. The van der Waals surface area contributed by atoms with Crippen LogP contribution < -0.4 is 10.6 Å². The lowest BCUT2D eigenvalue weighted by molar-refractivity contribution is -0.127. The first-order valence-corrected chi connectivity index (χ1v) is 9.70. The third kappa shape index (κ3) is 3.38. The van der Waals surface area contributed by atoms with Gasteiger partial charge in [0.2, 0.25) is 5.91 Å². The van der Waals surface area contributed by atoms with Crippen LogP contribution in [0.2, 0.25) is 0 Å². The largest absolute Gasteiger partial charge is 0.395 e. The summed E-state index contributed by atoms with van der Waals surface area (Å²) >= 11 is 0. The van der Waals surface area contributed by atoms with E-state index >= 15 is 0 Å². The second kappa shape index (κ2) is 7.30. The molecule has 1 saturated heterocycles. The maximum absolute atomic E-state index is 12.1. The van der Waals surface area contributed by atoms with Crippen molar-refractivity contribution in [3.05, 3.63) is 41.5 Å². The Morgan fingerprint density at radius 1 is 1.16 bits per heavy atom. The van der Waals surface area contributed by atoms with Gasteiger partial charge < -0.3 is 15.7 Å². The molecule has 134 valence electrons. The van der Waals surface area contributed by atoms with Crippen molar-refractivity contribution < 1.29 is 9.90 Å². The SMILES string of the molecule is O=C(NC[C@@H]1N[C@H](CO)[C@@H]1c1ccc(C2=CCCC2)cc1)C1CCC1. The Morgan fingerprint density at radius 3 is 2.56 bits per heavy atom. The average molecular weight is 340 g/mol. The molecule has 0 spiro atoms. The summed E-state index contributed by atoms with van der Waals surface area (Å²) in [7, 11) is 0. The van der Waals surface area contributed by atoms with Gasteiger partial charge in [0.25, 0.3) is 0 Å². The predicted octanol–water partition coefficient (Wildman–Crippen LogP) is 2.59. The molecule has 1 heterocycles. The van der Waals surface area contributed by atoms with Crippen LogP contribution in [0.5, 0.6) is 0 Å². The van der Waals surface area contributed by atoms with E-state index in [-0.39, 0.29) is 36.4 Å². The van der Waals surface area contributed by atoms with E-state index in [2.05, 4.69) is 41.0 Å². The van der Waals surface area contributed by atoms with Gasteiger partial charge in [0, 0.05) is 30.5 Å². The van der Waals surface area contributed by atoms with Crippen molar-refractivity contribution in [2.45, 2.75) is 56.5 Å². The molecule has 1 aromatic rings. The molecule has 25 heavy (non-hydrogen) atoms. The summed E-state index contributed by atoms with van der Waals surface area (Å²) < 4.78 is 0. The van der Waals surface area contributed by atoms with E-state index in [1.54, 1.807) is 0 Å². The van der Waals surface area contributed by atoms with E-state index in [4.69, 9.17) is 0 Å². The second-order valence-electron chi connectivity index (χ2n) is 7.70. The van der Waals surface area contributed by atoms with Crippen LogP contribution >= 0.6 is 0 Å². The number of aliphatic hydroxyl groups is 1. The van der Waals surface area contributed by atoms with Gasteiger partial charge in [-0.05, 0) is 48.8 Å². The highest BCUT2D eigenvalue weighted by Gasteiger charge is 2.41. The number of benzene rings is 1. The van der Waals surface area contributed by atoms with Crippen LogP contribution in [0, 0.1) is 5.92 Å².